The topological polar surface area (TPSA) is 112 Å². The number of pyridine rings is 1. The molecule has 1 unspecified atom stereocenters. The Morgan fingerprint density at radius 3 is 2.50 bits per heavy atom. The van der Waals surface area contributed by atoms with Gasteiger partial charge in [-0.1, -0.05) is 25.1 Å². The average molecular weight is 473 g/mol. The van der Waals surface area contributed by atoms with Crippen molar-refractivity contribution < 1.29 is 22.7 Å². The first kappa shape index (κ1) is 25.0. The molecule has 0 fully saturated rings. The average Bonchev–Trinajstić information content (AvgIpc) is 2.78. The van der Waals surface area contributed by atoms with E-state index in [9.17, 15) is 27.9 Å². The third-order valence-electron chi connectivity index (χ3n) is 5.59. The minimum atomic E-state index is -4.96. The lowest BCUT2D eigenvalue weighted by molar-refractivity contribution is -0.245. The van der Waals surface area contributed by atoms with E-state index in [1.165, 1.54) is 6.07 Å². The SMILES string of the molecule is CCC(O)(/C(N)=C/N(N)Cc1ccc2c(-c3ccc(F)c(C)c3)cc(C#N)nc2c1)C(F)(F)F. The number of fused-ring (bicyclic) bond motifs is 1. The van der Waals surface area contributed by atoms with Crippen LogP contribution in [0, 0.1) is 24.1 Å². The fourth-order valence-electron chi connectivity index (χ4n) is 3.59. The molecule has 10 heteroatoms. The fraction of sp³-hybridized carbons (Fsp3) is 0.250. The number of aryl methyl sites for hydroxylation is 1. The molecule has 2 aromatic carbocycles. The van der Waals surface area contributed by atoms with Crippen LogP contribution in [0.1, 0.15) is 30.2 Å². The van der Waals surface area contributed by atoms with Gasteiger partial charge >= 0.3 is 6.18 Å². The molecule has 1 atom stereocenters. The molecule has 34 heavy (non-hydrogen) atoms. The summed E-state index contributed by atoms with van der Waals surface area (Å²) in [6.07, 6.45) is -4.79. The van der Waals surface area contributed by atoms with E-state index >= 15 is 0 Å². The molecule has 0 saturated heterocycles. The van der Waals surface area contributed by atoms with E-state index in [0.29, 0.717) is 33.2 Å². The number of hydrazine groups is 1. The molecule has 0 aliphatic rings. The summed E-state index contributed by atoms with van der Waals surface area (Å²) in [5.74, 6) is 5.50. The largest absolute Gasteiger partial charge is 0.422 e. The van der Waals surface area contributed by atoms with Gasteiger partial charge in [-0.2, -0.15) is 18.4 Å². The Labute approximate surface area is 193 Å². The monoisotopic (exact) mass is 473 g/mol. The van der Waals surface area contributed by atoms with Crippen LogP contribution in [-0.4, -0.2) is 26.9 Å². The number of halogens is 4. The van der Waals surface area contributed by atoms with Crippen LogP contribution in [0.15, 0.2) is 54.4 Å². The van der Waals surface area contributed by atoms with E-state index in [1.54, 1.807) is 43.3 Å². The molecule has 3 aromatic rings. The minimum Gasteiger partial charge on any atom is -0.398 e. The Hall–Kier alpha value is -3.68. The maximum absolute atomic E-state index is 13.7. The standard InChI is InChI=1S/C24H23F4N5O/c1-3-23(34,24(26,27)28)22(30)13-33(31)12-15-4-6-18-19(10-17(11-29)32-21(18)9-15)16-5-7-20(25)14(2)8-16/h4-10,13,34H,3,12,30-31H2,1-2H3/b22-13-. The highest BCUT2D eigenvalue weighted by molar-refractivity contribution is 5.95. The zero-order chi connectivity index (χ0) is 25.3. The second-order valence-electron chi connectivity index (χ2n) is 7.95. The van der Waals surface area contributed by atoms with Gasteiger partial charge in [-0.3, -0.25) is 0 Å². The second-order valence-corrected chi connectivity index (χ2v) is 7.95. The summed E-state index contributed by atoms with van der Waals surface area (Å²) in [5, 5.41) is 21.0. The van der Waals surface area contributed by atoms with Crippen molar-refractivity contribution in [3.8, 4) is 17.2 Å². The number of nitrogens with two attached hydrogens (primary N) is 2. The van der Waals surface area contributed by atoms with Crippen LogP contribution < -0.4 is 11.6 Å². The number of aliphatic hydroxyl groups is 1. The number of hydrogen-bond acceptors (Lipinski definition) is 6. The summed E-state index contributed by atoms with van der Waals surface area (Å²) in [7, 11) is 0. The Bertz CT molecular complexity index is 1300. The lowest BCUT2D eigenvalue weighted by Crippen LogP contribution is -2.49. The summed E-state index contributed by atoms with van der Waals surface area (Å²) < 4.78 is 53.4. The van der Waals surface area contributed by atoms with Crippen molar-refractivity contribution >= 4 is 10.9 Å². The highest BCUT2D eigenvalue weighted by Gasteiger charge is 2.54. The van der Waals surface area contributed by atoms with Gasteiger partial charge in [-0.15, -0.1) is 0 Å². The van der Waals surface area contributed by atoms with Crippen molar-refractivity contribution in [1.82, 2.24) is 9.99 Å². The van der Waals surface area contributed by atoms with Gasteiger partial charge in [-0.25, -0.2) is 15.2 Å². The Kier molecular flexibility index (Phi) is 6.82. The van der Waals surface area contributed by atoms with Gasteiger partial charge in [0, 0.05) is 11.6 Å². The molecule has 0 radical (unpaired) electrons. The van der Waals surface area contributed by atoms with Crippen LogP contribution in [0.3, 0.4) is 0 Å². The van der Waals surface area contributed by atoms with Crippen LogP contribution in [0.4, 0.5) is 17.6 Å². The Morgan fingerprint density at radius 2 is 1.91 bits per heavy atom. The third kappa shape index (κ3) is 4.81. The summed E-state index contributed by atoms with van der Waals surface area (Å²) in [6, 6.07) is 13.3. The first-order chi connectivity index (χ1) is 15.9. The highest BCUT2D eigenvalue weighted by atomic mass is 19.4. The maximum Gasteiger partial charge on any atom is 0.422 e. The van der Waals surface area contributed by atoms with Gasteiger partial charge in [0.25, 0.3) is 0 Å². The molecular weight excluding hydrogens is 450 g/mol. The van der Waals surface area contributed by atoms with Crippen molar-refractivity contribution in [1.29, 1.82) is 5.26 Å². The number of benzene rings is 2. The van der Waals surface area contributed by atoms with E-state index < -0.39 is 23.9 Å². The van der Waals surface area contributed by atoms with Gasteiger partial charge in [0.05, 0.1) is 17.8 Å². The number of nitriles is 1. The van der Waals surface area contributed by atoms with Crippen LogP contribution in [0.5, 0.6) is 0 Å². The van der Waals surface area contributed by atoms with Crippen LogP contribution in [0.25, 0.3) is 22.0 Å². The van der Waals surface area contributed by atoms with Crippen molar-refractivity contribution in [2.45, 2.75) is 38.6 Å². The van der Waals surface area contributed by atoms with Crippen LogP contribution >= 0.6 is 0 Å². The molecule has 0 saturated carbocycles. The number of rotatable bonds is 6. The van der Waals surface area contributed by atoms with Gasteiger partial charge in [0.15, 0.2) is 0 Å². The Balaban J connectivity index is 1.98. The first-order valence-electron chi connectivity index (χ1n) is 10.3. The quantitative estimate of drug-likeness (QED) is 0.278. The van der Waals surface area contributed by atoms with E-state index in [2.05, 4.69) is 4.98 Å². The molecule has 5 N–H and O–H groups in total. The Morgan fingerprint density at radius 1 is 1.21 bits per heavy atom. The number of hydrogen-bond donors (Lipinski definition) is 3. The summed E-state index contributed by atoms with van der Waals surface area (Å²) in [6.45, 7) is 2.76. The molecule has 0 bridgehead atoms. The molecule has 6 nitrogen and oxygen atoms in total. The molecule has 0 aliphatic carbocycles. The maximum atomic E-state index is 13.7. The molecule has 3 rings (SSSR count). The molecule has 1 aromatic heterocycles. The molecule has 1 heterocycles. The van der Waals surface area contributed by atoms with Gasteiger partial charge in [0.1, 0.15) is 17.6 Å². The van der Waals surface area contributed by atoms with Gasteiger partial charge in [-0.05, 0) is 59.9 Å². The number of nitrogens with zero attached hydrogens (tertiary/aromatic N) is 3. The molecule has 178 valence electrons. The summed E-state index contributed by atoms with van der Waals surface area (Å²) in [5.41, 5.74) is 4.53. The smallest absolute Gasteiger partial charge is 0.398 e. The third-order valence-corrected chi connectivity index (χ3v) is 5.59. The lowest BCUT2D eigenvalue weighted by Gasteiger charge is -2.30. The van der Waals surface area contributed by atoms with Crippen molar-refractivity contribution in [3.05, 3.63) is 77.0 Å². The zero-order valence-electron chi connectivity index (χ0n) is 18.5. The lowest BCUT2D eigenvalue weighted by atomic mass is 9.96. The van der Waals surface area contributed by atoms with Gasteiger partial charge in [0.2, 0.25) is 5.60 Å². The number of alkyl halides is 3. The van der Waals surface area contributed by atoms with Crippen LogP contribution in [0.2, 0.25) is 0 Å². The van der Waals surface area contributed by atoms with Crippen molar-refractivity contribution in [2.24, 2.45) is 11.6 Å². The molecule has 0 aliphatic heterocycles. The molecular formula is C24H23F4N5O. The van der Waals surface area contributed by atoms with E-state index in [4.69, 9.17) is 11.6 Å². The second kappa shape index (κ2) is 9.29. The predicted molar refractivity (Wildman–Crippen MR) is 120 cm³/mol. The summed E-state index contributed by atoms with van der Waals surface area (Å²) in [4.78, 5) is 4.31. The zero-order valence-corrected chi connectivity index (χ0v) is 18.5. The molecule has 0 spiro atoms. The van der Waals surface area contributed by atoms with Crippen molar-refractivity contribution in [2.75, 3.05) is 0 Å². The van der Waals surface area contributed by atoms with E-state index in [-0.39, 0.29) is 18.1 Å². The molecule has 0 amide bonds. The highest BCUT2D eigenvalue weighted by Crippen LogP contribution is 2.37. The van der Waals surface area contributed by atoms with Gasteiger partial charge < -0.3 is 15.8 Å². The van der Waals surface area contributed by atoms with Crippen LogP contribution in [-0.2, 0) is 6.54 Å². The van der Waals surface area contributed by atoms with E-state index in [0.717, 1.165) is 18.1 Å². The first-order valence-corrected chi connectivity index (χ1v) is 10.3. The number of aromatic nitrogens is 1. The minimum absolute atomic E-state index is 0.0439. The predicted octanol–water partition coefficient (Wildman–Crippen LogP) is 4.40. The fourth-order valence-corrected chi connectivity index (χ4v) is 3.59. The van der Waals surface area contributed by atoms with Crippen molar-refractivity contribution in [3.63, 3.8) is 0 Å². The van der Waals surface area contributed by atoms with E-state index in [1.807, 2.05) is 6.07 Å². The summed E-state index contributed by atoms with van der Waals surface area (Å²) >= 11 is 0. The normalized spacial score (nSPS) is 14.0.